The number of anilines is 1. The first-order chi connectivity index (χ1) is 18.1. The van der Waals surface area contributed by atoms with Crippen molar-refractivity contribution in [3.8, 4) is 11.5 Å². The Kier molecular flexibility index (Phi) is 9.01. The lowest BCUT2D eigenvalue weighted by molar-refractivity contribution is 0.0499. The normalized spacial score (nSPS) is 11.8. The summed E-state index contributed by atoms with van der Waals surface area (Å²) in [5.74, 6) is -0.370. The molecule has 0 aliphatic carbocycles. The Balaban J connectivity index is 1.66. The van der Waals surface area contributed by atoms with Crippen LogP contribution >= 0.6 is 7.60 Å². The van der Waals surface area contributed by atoms with Gasteiger partial charge in [-0.05, 0) is 60.5 Å². The SMILES string of the molecule is CCCCOC(=O)c1ccc(N[C@@H](c2ccccc2)P(=O)(Oc2ccccc2)Oc2ccccc2)cc1. The third-order valence-electron chi connectivity index (χ3n) is 5.54. The molecule has 0 amide bonds. The van der Waals surface area contributed by atoms with E-state index in [0.717, 1.165) is 18.4 Å². The summed E-state index contributed by atoms with van der Waals surface area (Å²) in [6.07, 6.45) is 1.77. The van der Waals surface area contributed by atoms with Gasteiger partial charge in [0.05, 0.1) is 12.2 Å². The zero-order valence-corrected chi connectivity index (χ0v) is 21.6. The van der Waals surface area contributed by atoms with E-state index in [1.807, 2.05) is 73.7 Å². The van der Waals surface area contributed by atoms with Gasteiger partial charge in [0.1, 0.15) is 11.5 Å². The smallest absolute Gasteiger partial charge is 0.457 e. The predicted molar refractivity (Wildman–Crippen MR) is 146 cm³/mol. The highest BCUT2D eigenvalue weighted by Gasteiger charge is 2.41. The molecular formula is C30H30NO5P. The first-order valence-electron chi connectivity index (χ1n) is 12.2. The highest BCUT2D eigenvalue weighted by atomic mass is 31.2. The molecule has 0 bridgehead atoms. The van der Waals surface area contributed by atoms with Crippen LogP contribution in [0, 0.1) is 0 Å². The zero-order chi connectivity index (χ0) is 25.9. The van der Waals surface area contributed by atoms with E-state index in [9.17, 15) is 9.36 Å². The minimum absolute atomic E-state index is 0.370. The first kappa shape index (κ1) is 26.1. The van der Waals surface area contributed by atoms with Crippen LogP contribution in [0.4, 0.5) is 5.69 Å². The molecule has 0 aliphatic rings. The second-order valence-electron chi connectivity index (χ2n) is 8.37. The van der Waals surface area contributed by atoms with Gasteiger partial charge in [-0.2, -0.15) is 0 Å². The third-order valence-corrected chi connectivity index (χ3v) is 7.53. The second-order valence-corrected chi connectivity index (χ2v) is 10.3. The minimum atomic E-state index is -3.91. The van der Waals surface area contributed by atoms with E-state index in [4.69, 9.17) is 13.8 Å². The number of carbonyl (C=O) groups excluding carboxylic acids is 1. The molecule has 4 aromatic carbocycles. The molecule has 4 aromatic rings. The van der Waals surface area contributed by atoms with Crippen LogP contribution in [0.5, 0.6) is 11.5 Å². The monoisotopic (exact) mass is 515 g/mol. The summed E-state index contributed by atoms with van der Waals surface area (Å²) < 4.78 is 32.1. The van der Waals surface area contributed by atoms with Crippen molar-refractivity contribution in [2.24, 2.45) is 0 Å². The van der Waals surface area contributed by atoms with Crippen LogP contribution in [-0.4, -0.2) is 12.6 Å². The van der Waals surface area contributed by atoms with Crippen LogP contribution in [0.3, 0.4) is 0 Å². The number of para-hydroxylation sites is 2. The molecule has 0 aliphatic heterocycles. The Morgan fingerprint density at radius 2 is 1.27 bits per heavy atom. The molecule has 0 spiro atoms. The summed E-state index contributed by atoms with van der Waals surface area (Å²) in [6, 6.07) is 34.1. The van der Waals surface area contributed by atoms with E-state index in [1.165, 1.54) is 0 Å². The van der Waals surface area contributed by atoms with Crippen LogP contribution < -0.4 is 14.4 Å². The van der Waals surface area contributed by atoms with Gasteiger partial charge in [0, 0.05) is 5.69 Å². The number of unbranched alkanes of at least 4 members (excludes halogenated alkanes) is 1. The number of nitrogens with one attached hydrogen (secondary N) is 1. The molecule has 0 aromatic heterocycles. The zero-order valence-electron chi connectivity index (χ0n) is 20.7. The molecule has 1 atom stereocenters. The average Bonchev–Trinajstić information content (AvgIpc) is 2.93. The maximum atomic E-state index is 14.6. The molecule has 0 unspecified atom stereocenters. The summed E-state index contributed by atoms with van der Waals surface area (Å²) >= 11 is 0. The molecule has 0 saturated heterocycles. The number of esters is 1. The van der Waals surface area contributed by atoms with Gasteiger partial charge < -0.3 is 19.1 Å². The van der Waals surface area contributed by atoms with Crippen molar-refractivity contribution in [1.82, 2.24) is 0 Å². The van der Waals surface area contributed by atoms with E-state index in [2.05, 4.69) is 5.32 Å². The van der Waals surface area contributed by atoms with Gasteiger partial charge in [-0.25, -0.2) is 9.36 Å². The number of ether oxygens (including phenoxy) is 1. The number of hydrogen-bond donors (Lipinski definition) is 1. The van der Waals surface area contributed by atoms with Gasteiger partial charge in [-0.3, -0.25) is 0 Å². The van der Waals surface area contributed by atoms with E-state index in [-0.39, 0.29) is 5.97 Å². The average molecular weight is 516 g/mol. The number of hydrogen-bond acceptors (Lipinski definition) is 6. The van der Waals surface area contributed by atoms with E-state index >= 15 is 0 Å². The minimum Gasteiger partial charge on any atom is -0.462 e. The predicted octanol–water partition coefficient (Wildman–Crippen LogP) is 8.11. The molecular weight excluding hydrogens is 485 g/mol. The van der Waals surface area contributed by atoms with Crippen molar-refractivity contribution < 1.29 is 23.1 Å². The van der Waals surface area contributed by atoms with Crippen molar-refractivity contribution in [3.05, 3.63) is 126 Å². The maximum Gasteiger partial charge on any atom is 0.457 e. The first-order valence-corrected chi connectivity index (χ1v) is 13.9. The fraction of sp³-hybridized carbons (Fsp3) is 0.167. The van der Waals surface area contributed by atoms with Gasteiger partial charge >= 0.3 is 13.6 Å². The number of benzene rings is 4. The van der Waals surface area contributed by atoms with Crippen molar-refractivity contribution in [3.63, 3.8) is 0 Å². The number of rotatable bonds is 12. The van der Waals surface area contributed by atoms with E-state index in [0.29, 0.717) is 29.4 Å². The lowest BCUT2D eigenvalue weighted by Crippen LogP contribution is -2.18. The molecule has 0 saturated carbocycles. The molecule has 0 radical (unpaired) electrons. The van der Waals surface area contributed by atoms with Crippen molar-refractivity contribution >= 4 is 19.3 Å². The Labute approximate surface area is 217 Å². The lowest BCUT2D eigenvalue weighted by atomic mass is 10.2. The molecule has 0 fully saturated rings. The molecule has 7 heteroatoms. The van der Waals surface area contributed by atoms with E-state index in [1.54, 1.807) is 48.5 Å². The fourth-order valence-electron chi connectivity index (χ4n) is 3.61. The summed E-state index contributed by atoms with van der Waals surface area (Å²) in [4.78, 5) is 12.3. The van der Waals surface area contributed by atoms with Gasteiger partial charge in [0.15, 0.2) is 5.78 Å². The summed E-state index contributed by atoms with van der Waals surface area (Å²) in [5, 5.41) is 3.33. The largest absolute Gasteiger partial charge is 0.462 e. The van der Waals surface area contributed by atoms with E-state index < -0.39 is 13.4 Å². The fourth-order valence-corrected chi connectivity index (χ4v) is 5.54. The molecule has 37 heavy (non-hydrogen) atoms. The van der Waals surface area contributed by atoms with Crippen molar-refractivity contribution in [1.29, 1.82) is 0 Å². The van der Waals surface area contributed by atoms with Crippen molar-refractivity contribution in [2.45, 2.75) is 25.5 Å². The van der Waals surface area contributed by atoms with Crippen LogP contribution in [0.15, 0.2) is 115 Å². The lowest BCUT2D eigenvalue weighted by Gasteiger charge is -2.29. The molecule has 0 heterocycles. The van der Waals surface area contributed by atoms with Gasteiger partial charge in [0.25, 0.3) is 0 Å². The highest BCUT2D eigenvalue weighted by Crippen LogP contribution is 2.60. The Hall–Kier alpha value is -4.02. The molecule has 1 N–H and O–H groups in total. The van der Waals surface area contributed by atoms with Crippen molar-refractivity contribution in [2.75, 3.05) is 11.9 Å². The Morgan fingerprint density at radius 1 is 0.757 bits per heavy atom. The Morgan fingerprint density at radius 3 is 1.78 bits per heavy atom. The molecule has 4 rings (SSSR count). The quantitative estimate of drug-likeness (QED) is 0.117. The number of carbonyl (C=O) groups is 1. The highest BCUT2D eigenvalue weighted by molar-refractivity contribution is 7.55. The van der Waals surface area contributed by atoms with Crippen LogP contribution in [0.1, 0.15) is 41.5 Å². The molecule has 190 valence electrons. The van der Waals surface area contributed by atoms with Gasteiger partial charge in [-0.1, -0.05) is 80.1 Å². The maximum absolute atomic E-state index is 14.6. The van der Waals surface area contributed by atoms with Crippen LogP contribution in [-0.2, 0) is 9.30 Å². The van der Waals surface area contributed by atoms with Crippen LogP contribution in [0.25, 0.3) is 0 Å². The topological polar surface area (TPSA) is 73.9 Å². The Bertz CT molecular complexity index is 1250. The summed E-state index contributed by atoms with van der Waals surface area (Å²) in [5.41, 5.74) is 1.82. The van der Waals surface area contributed by atoms with Gasteiger partial charge in [-0.15, -0.1) is 0 Å². The standard InChI is InChI=1S/C30H30NO5P/c1-2-3-23-34-30(32)25-19-21-26(22-20-25)31-29(24-13-7-4-8-14-24)37(33,35-27-15-9-5-10-16-27)36-28-17-11-6-12-18-28/h4-22,29,31H,2-3,23H2,1H3/t29-/m1/s1. The third kappa shape index (κ3) is 7.25. The second kappa shape index (κ2) is 12.8. The van der Waals surface area contributed by atoms with Gasteiger partial charge in [0.2, 0.25) is 0 Å². The summed E-state index contributed by atoms with van der Waals surface area (Å²) in [6.45, 7) is 2.43. The van der Waals surface area contributed by atoms with Crippen LogP contribution in [0.2, 0.25) is 0 Å². The summed E-state index contributed by atoms with van der Waals surface area (Å²) in [7, 11) is -3.91. The molecule has 6 nitrogen and oxygen atoms in total.